The maximum Gasteiger partial charge on any atom is 0.0712 e. The molecule has 0 radical (unpaired) electrons. The molecule has 0 N–H and O–H groups in total. The molecule has 1 rings (SSSR count). The molecule has 0 bridgehead atoms. The lowest BCUT2D eigenvalue weighted by Gasteiger charge is -2.24. The Hall–Kier alpha value is -0.530. The van der Waals surface area contributed by atoms with Gasteiger partial charge in [0.05, 0.1) is 5.38 Å². The van der Waals surface area contributed by atoms with Gasteiger partial charge in [0.2, 0.25) is 0 Å². The van der Waals surface area contributed by atoms with Crippen LogP contribution in [-0.4, -0.2) is 24.5 Å². The molecule has 20 heavy (non-hydrogen) atoms. The molecule has 0 spiro atoms. The Labute approximate surface area is 130 Å². The Morgan fingerprint density at radius 1 is 1.00 bits per heavy atom. The third-order valence-electron chi connectivity index (χ3n) is 3.48. The van der Waals surface area contributed by atoms with E-state index in [2.05, 4.69) is 56.9 Å². The lowest BCUT2D eigenvalue weighted by molar-refractivity contribution is 0.275. The van der Waals surface area contributed by atoms with Crippen LogP contribution in [0.1, 0.15) is 57.0 Å². The Balaban J connectivity index is 2.59. The SMILES string of the molecule is CCCN(CCC)CC(Cl)c1ccc(CC(C)C)cc1. The fraction of sp³-hybridized carbons (Fsp3) is 0.667. The molecule has 0 saturated carbocycles. The van der Waals surface area contributed by atoms with E-state index in [1.165, 1.54) is 24.0 Å². The fourth-order valence-corrected chi connectivity index (χ4v) is 2.93. The lowest BCUT2D eigenvalue weighted by atomic mass is 10.0. The average Bonchev–Trinajstić information content (AvgIpc) is 2.39. The first-order valence-corrected chi connectivity index (χ1v) is 8.45. The van der Waals surface area contributed by atoms with Gasteiger partial charge in [-0.15, -0.1) is 11.6 Å². The standard InChI is InChI=1S/C18H30ClN/c1-5-11-20(12-6-2)14-18(19)17-9-7-16(8-10-17)13-15(3)4/h7-10,15,18H,5-6,11-14H2,1-4H3. The van der Waals surface area contributed by atoms with Gasteiger partial charge in [0.15, 0.2) is 0 Å². The molecule has 1 aromatic rings. The first kappa shape index (κ1) is 17.5. The highest BCUT2D eigenvalue weighted by Gasteiger charge is 2.12. The van der Waals surface area contributed by atoms with Gasteiger partial charge >= 0.3 is 0 Å². The molecule has 0 saturated heterocycles. The van der Waals surface area contributed by atoms with Crippen LogP contribution in [0.25, 0.3) is 0 Å². The van der Waals surface area contributed by atoms with Crippen molar-refractivity contribution >= 4 is 11.6 Å². The summed E-state index contributed by atoms with van der Waals surface area (Å²) in [7, 11) is 0. The van der Waals surface area contributed by atoms with Gasteiger partial charge in [-0.1, -0.05) is 52.0 Å². The summed E-state index contributed by atoms with van der Waals surface area (Å²) in [5.41, 5.74) is 2.66. The van der Waals surface area contributed by atoms with Crippen molar-refractivity contribution in [2.45, 2.75) is 52.3 Å². The van der Waals surface area contributed by atoms with Crippen LogP contribution >= 0.6 is 11.6 Å². The number of hydrogen-bond acceptors (Lipinski definition) is 1. The van der Waals surface area contributed by atoms with Crippen molar-refractivity contribution in [2.24, 2.45) is 5.92 Å². The highest BCUT2D eigenvalue weighted by Crippen LogP contribution is 2.23. The summed E-state index contributed by atoms with van der Waals surface area (Å²) in [6.45, 7) is 12.2. The molecule has 0 fully saturated rings. The Bertz CT molecular complexity index is 352. The van der Waals surface area contributed by atoms with E-state index in [9.17, 15) is 0 Å². The molecule has 0 aliphatic rings. The molecular weight excluding hydrogens is 266 g/mol. The van der Waals surface area contributed by atoms with Crippen molar-refractivity contribution in [3.63, 3.8) is 0 Å². The normalized spacial score (nSPS) is 13.2. The zero-order chi connectivity index (χ0) is 15.0. The fourth-order valence-electron chi connectivity index (χ4n) is 2.59. The van der Waals surface area contributed by atoms with Gasteiger partial charge in [-0.2, -0.15) is 0 Å². The monoisotopic (exact) mass is 295 g/mol. The lowest BCUT2D eigenvalue weighted by Crippen LogP contribution is -2.28. The summed E-state index contributed by atoms with van der Waals surface area (Å²) in [5, 5.41) is 0.0983. The minimum Gasteiger partial charge on any atom is -0.302 e. The minimum atomic E-state index is 0.0983. The molecule has 0 amide bonds. The van der Waals surface area contributed by atoms with Gasteiger partial charge in [0.25, 0.3) is 0 Å². The Morgan fingerprint density at radius 3 is 2.00 bits per heavy atom. The van der Waals surface area contributed by atoms with Gasteiger partial charge in [-0.3, -0.25) is 0 Å². The second-order valence-corrected chi connectivity index (χ2v) is 6.63. The molecule has 1 aromatic carbocycles. The second kappa shape index (κ2) is 9.41. The molecule has 0 heterocycles. The van der Waals surface area contributed by atoms with E-state index in [1.54, 1.807) is 0 Å². The van der Waals surface area contributed by atoms with Crippen molar-refractivity contribution < 1.29 is 0 Å². The van der Waals surface area contributed by atoms with E-state index in [0.717, 1.165) is 26.1 Å². The Kier molecular flexibility index (Phi) is 8.25. The first-order chi connectivity index (χ1) is 9.56. The van der Waals surface area contributed by atoms with Crippen LogP contribution in [-0.2, 0) is 6.42 Å². The third kappa shape index (κ3) is 6.28. The number of nitrogens with zero attached hydrogens (tertiary/aromatic N) is 1. The van der Waals surface area contributed by atoms with Crippen molar-refractivity contribution in [1.29, 1.82) is 0 Å². The van der Waals surface area contributed by atoms with Crippen LogP contribution in [0.2, 0.25) is 0 Å². The van der Waals surface area contributed by atoms with E-state index >= 15 is 0 Å². The molecule has 114 valence electrons. The summed E-state index contributed by atoms with van der Waals surface area (Å²) < 4.78 is 0. The number of benzene rings is 1. The molecule has 1 unspecified atom stereocenters. The van der Waals surface area contributed by atoms with Gasteiger partial charge < -0.3 is 4.90 Å². The molecule has 1 atom stereocenters. The van der Waals surface area contributed by atoms with E-state index < -0.39 is 0 Å². The summed E-state index contributed by atoms with van der Waals surface area (Å²) in [6, 6.07) is 8.86. The molecule has 0 aromatic heterocycles. The number of alkyl halides is 1. The van der Waals surface area contributed by atoms with E-state index in [4.69, 9.17) is 11.6 Å². The smallest absolute Gasteiger partial charge is 0.0712 e. The third-order valence-corrected chi connectivity index (χ3v) is 3.87. The van der Waals surface area contributed by atoms with Crippen LogP contribution in [0, 0.1) is 5.92 Å². The van der Waals surface area contributed by atoms with Gasteiger partial charge in [-0.05, 0) is 49.4 Å². The van der Waals surface area contributed by atoms with Gasteiger partial charge in [0.1, 0.15) is 0 Å². The van der Waals surface area contributed by atoms with E-state index in [1.807, 2.05) is 0 Å². The zero-order valence-electron chi connectivity index (χ0n) is 13.5. The van der Waals surface area contributed by atoms with E-state index in [0.29, 0.717) is 5.92 Å². The predicted octanol–water partition coefficient (Wildman–Crippen LogP) is 5.29. The highest BCUT2D eigenvalue weighted by atomic mass is 35.5. The molecule has 0 aliphatic heterocycles. The van der Waals surface area contributed by atoms with Crippen molar-refractivity contribution in [1.82, 2.24) is 4.90 Å². The van der Waals surface area contributed by atoms with Crippen molar-refractivity contribution in [3.8, 4) is 0 Å². The average molecular weight is 296 g/mol. The summed E-state index contributed by atoms with van der Waals surface area (Å²) >= 11 is 6.59. The number of halogens is 1. The van der Waals surface area contributed by atoms with Crippen LogP contribution in [0.3, 0.4) is 0 Å². The molecular formula is C18H30ClN. The predicted molar refractivity (Wildman–Crippen MR) is 90.6 cm³/mol. The maximum atomic E-state index is 6.59. The van der Waals surface area contributed by atoms with Crippen molar-refractivity contribution in [3.05, 3.63) is 35.4 Å². The van der Waals surface area contributed by atoms with Crippen LogP contribution < -0.4 is 0 Å². The molecule has 2 heteroatoms. The highest BCUT2D eigenvalue weighted by molar-refractivity contribution is 6.21. The van der Waals surface area contributed by atoms with Gasteiger partial charge in [0, 0.05) is 6.54 Å². The van der Waals surface area contributed by atoms with Crippen LogP contribution in [0.4, 0.5) is 0 Å². The summed E-state index contributed by atoms with van der Waals surface area (Å²) in [6.07, 6.45) is 3.53. The van der Waals surface area contributed by atoms with Crippen LogP contribution in [0.5, 0.6) is 0 Å². The number of hydrogen-bond donors (Lipinski definition) is 0. The largest absolute Gasteiger partial charge is 0.302 e. The first-order valence-electron chi connectivity index (χ1n) is 8.02. The maximum absolute atomic E-state index is 6.59. The zero-order valence-corrected chi connectivity index (χ0v) is 14.3. The van der Waals surface area contributed by atoms with Crippen LogP contribution in [0.15, 0.2) is 24.3 Å². The van der Waals surface area contributed by atoms with Gasteiger partial charge in [-0.25, -0.2) is 0 Å². The Morgan fingerprint density at radius 2 is 1.55 bits per heavy atom. The second-order valence-electron chi connectivity index (χ2n) is 6.11. The quantitative estimate of drug-likeness (QED) is 0.560. The van der Waals surface area contributed by atoms with E-state index in [-0.39, 0.29) is 5.38 Å². The summed E-state index contributed by atoms with van der Waals surface area (Å²) in [5.74, 6) is 0.706. The van der Waals surface area contributed by atoms with Crippen molar-refractivity contribution in [2.75, 3.05) is 19.6 Å². The molecule has 0 aliphatic carbocycles. The number of rotatable bonds is 9. The topological polar surface area (TPSA) is 3.24 Å². The minimum absolute atomic E-state index is 0.0983. The molecule has 1 nitrogen and oxygen atoms in total. The summed E-state index contributed by atoms with van der Waals surface area (Å²) in [4.78, 5) is 2.47.